The monoisotopic (exact) mass is 364 g/mol. The van der Waals surface area contributed by atoms with Gasteiger partial charge in [-0.1, -0.05) is 35.5 Å². The molecule has 140 valence electrons. The molecular weight excluding hydrogens is 340 g/mol. The third-order valence-corrected chi connectivity index (χ3v) is 4.84. The van der Waals surface area contributed by atoms with Gasteiger partial charge >= 0.3 is 6.01 Å². The number of ether oxygens (including phenoxy) is 1. The second-order valence-corrected chi connectivity index (χ2v) is 7.01. The van der Waals surface area contributed by atoms with Crippen molar-refractivity contribution in [3.8, 4) is 6.01 Å². The minimum Gasteiger partial charge on any atom is -0.457 e. The summed E-state index contributed by atoms with van der Waals surface area (Å²) in [6.07, 6.45) is 7.62. The molecule has 0 N–H and O–H groups in total. The Morgan fingerprint density at radius 2 is 1.81 bits per heavy atom. The maximum Gasteiger partial charge on any atom is 0.316 e. The third-order valence-electron chi connectivity index (χ3n) is 4.84. The van der Waals surface area contributed by atoms with Gasteiger partial charge in [-0.2, -0.15) is 0 Å². The van der Waals surface area contributed by atoms with E-state index in [4.69, 9.17) is 4.74 Å². The van der Waals surface area contributed by atoms with Gasteiger partial charge in [-0.05, 0) is 30.9 Å². The van der Waals surface area contributed by atoms with Crippen LogP contribution < -0.4 is 4.74 Å². The summed E-state index contributed by atoms with van der Waals surface area (Å²) in [5.41, 5.74) is 3.17. The number of piperidine rings is 1. The maximum atomic E-state index is 5.58. The topological polar surface area (TPSA) is 69.0 Å². The number of hydrogen-bond acceptors (Lipinski definition) is 6. The van der Waals surface area contributed by atoms with Gasteiger partial charge in [-0.15, -0.1) is 5.10 Å². The first-order valence-corrected chi connectivity index (χ1v) is 9.35. The number of rotatable bonds is 6. The molecule has 7 nitrogen and oxygen atoms in total. The molecule has 1 aliphatic heterocycles. The quantitative estimate of drug-likeness (QED) is 0.670. The Labute approximate surface area is 159 Å². The molecule has 0 radical (unpaired) electrons. The summed E-state index contributed by atoms with van der Waals surface area (Å²) in [7, 11) is 0. The maximum absolute atomic E-state index is 5.58. The average molecular weight is 364 g/mol. The fourth-order valence-electron chi connectivity index (χ4n) is 3.34. The van der Waals surface area contributed by atoms with Gasteiger partial charge in [0.25, 0.3) is 0 Å². The van der Waals surface area contributed by atoms with Crippen molar-refractivity contribution in [2.45, 2.75) is 39.0 Å². The van der Waals surface area contributed by atoms with Gasteiger partial charge in [-0.3, -0.25) is 4.90 Å². The van der Waals surface area contributed by atoms with Crippen LogP contribution in [0.5, 0.6) is 6.01 Å². The van der Waals surface area contributed by atoms with E-state index in [1.807, 2.05) is 17.8 Å². The van der Waals surface area contributed by atoms with Crippen LogP contribution in [-0.4, -0.2) is 43.0 Å². The predicted octanol–water partition coefficient (Wildman–Crippen LogP) is 2.79. The largest absolute Gasteiger partial charge is 0.457 e. The van der Waals surface area contributed by atoms with E-state index in [-0.39, 0.29) is 0 Å². The Kier molecular flexibility index (Phi) is 5.39. The summed E-state index contributed by atoms with van der Waals surface area (Å²) < 4.78 is 7.57. The second kappa shape index (κ2) is 8.26. The zero-order valence-corrected chi connectivity index (χ0v) is 15.5. The summed E-state index contributed by atoms with van der Waals surface area (Å²) >= 11 is 0. The molecule has 0 aliphatic carbocycles. The molecule has 0 saturated carbocycles. The van der Waals surface area contributed by atoms with E-state index in [1.54, 1.807) is 12.4 Å². The van der Waals surface area contributed by atoms with Crippen molar-refractivity contribution in [3.05, 3.63) is 65.7 Å². The summed E-state index contributed by atoms with van der Waals surface area (Å²) in [6, 6.07) is 11.4. The lowest BCUT2D eigenvalue weighted by Crippen LogP contribution is -2.34. The molecule has 0 bridgehead atoms. The summed E-state index contributed by atoms with van der Waals surface area (Å²) in [6.45, 7) is 5.43. The molecule has 27 heavy (non-hydrogen) atoms. The number of aryl methyl sites for hydroxylation is 1. The van der Waals surface area contributed by atoms with Gasteiger partial charge in [0, 0.05) is 32.0 Å². The highest BCUT2D eigenvalue weighted by Gasteiger charge is 2.21. The highest BCUT2D eigenvalue weighted by Crippen LogP contribution is 2.23. The molecule has 1 aromatic carbocycles. The fraction of sp³-hybridized carbons (Fsp3) is 0.400. The lowest BCUT2D eigenvalue weighted by molar-refractivity contribution is 0.172. The molecule has 0 atom stereocenters. The predicted molar refractivity (Wildman–Crippen MR) is 101 cm³/mol. The van der Waals surface area contributed by atoms with Crippen molar-refractivity contribution in [2.24, 2.45) is 0 Å². The zero-order valence-electron chi connectivity index (χ0n) is 15.5. The highest BCUT2D eigenvalue weighted by molar-refractivity contribution is 5.14. The molecule has 1 aliphatic rings. The van der Waals surface area contributed by atoms with Crippen molar-refractivity contribution in [3.63, 3.8) is 0 Å². The molecule has 1 fully saturated rings. The molecular formula is C20H24N6O. The molecule has 0 unspecified atom stereocenters. The van der Waals surface area contributed by atoms with Crippen molar-refractivity contribution < 1.29 is 4.74 Å². The Hall–Kier alpha value is -2.80. The Bertz CT molecular complexity index is 840. The van der Waals surface area contributed by atoms with E-state index in [0.29, 0.717) is 18.7 Å². The zero-order chi connectivity index (χ0) is 18.5. The number of nitrogens with zero attached hydrogens (tertiary/aromatic N) is 6. The highest BCUT2D eigenvalue weighted by atomic mass is 16.5. The first-order valence-electron chi connectivity index (χ1n) is 9.35. The third kappa shape index (κ3) is 4.68. The SMILES string of the molecule is Cc1cnc(OCc2cn(C3CCN(Cc4ccccc4)CC3)nn2)nc1. The van der Waals surface area contributed by atoms with Gasteiger partial charge < -0.3 is 4.74 Å². The van der Waals surface area contributed by atoms with Crippen LogP contribution in [0.2, 0.25) is 0 Å². The van der Waals surface area contributed by atoms with Gasteiger partial charge in [0.1, 0.15) is 12.3 Å². The Morgan fingerprint density at radius 1 is 1.07 bits per heavy atom. The smallest absolute Gasteiger partial charge is 0.316 e. The van der Waals surface area contributed by atoms with Gasteiger partial charge in [-0.25, -0.2) is 14.6 Å². The van der Waals surface area contributed by atoms with Crippen molar-refractivity contribution in [2.75, 3.05) is 13.1 Å². The fourth-order valence-corrected chi connectivity index (χ4v) is 3.34. The molecule has 1 saturated heterocycles. The van der Waals surface area contributed by atoms with Crippen LogP contribution in [0.15, 0.2) is 48.9 Å². The van der Waals surface area contributed by atoms with Gasteiger partial charge in [0.2, 0.25) is 0 Å². The van der Waals surface area contributed by atoms with Crippen LogP contribution in [0, 0.1) is 6.92 Å². The van der Waals surface area contributed by atoms with E-state index >= 15 is 0 Å². The standard InChI is InChI=1S/C20H24N6O/c1-16-11-21-20(22-12-16)27-15-18-14-26(24-23-18)19-7-9-25(10-8-19)13-17-5-3-2-4-6-17/h2-6,11-12,14,19H,7-10,13,15H2,1H3. The van der Waals surface area contributed by atoms with E-state index in [2.05, 4.69) is 55.5 Å². The first-order chi connectivity index (χ1) is 13.3. The Balaban J connectivity index is 1.27. The lowest BCUT2D eigenvalue weighted by atomic mass is 10.0. The van der Waals surface area contributed by atoms with Crippen molar-refractivity contribution in [1.82, 2.24) is 29.9 Å². The van der Waals surface area contributed by atoms with E-state index in [1.165, 1.54) is 5.56 Å². The van der Waals surface area contributed by atoms with Crippen molar-refractivity contribution >= 4 is 0 Å². The minimum absolute atomic E-state index is 0.329. The number of benzene rings is 1. The van der Waals surface area contributed by atoms with E-state index < -0.39 is 0 Å². The van der Waals surface area contributed by atoms with Crippen LogP contribution in [0.1, 0.15) is 35.7 Å². The van der Waals surface area contributed by atoms with Crippen LogP contribution >= 0.6 is 0 Å². The minimum atomic E-state index is 0.329. The van der Waals surface area contributed by atoms with E-state index in [0.717, 1.165) is 43.7 Å². The molecule has 3 aromatic rings. The van der Waals surface area contributed by atoms with Crippen LogP contribution in [0.3, 0.4) is 0 Å². The molecule has 0 amide bonds. The molecule has 7 heteroatoms. The Morgan fingerprint density at radius 3 is 2.56 bits per heavy atom. The normalized spacial score (nSPS) is 15.7. The average Bonchev–Trinajstić information content (AvgIpc) is 3.18. The number of likely N-dealkylation sites (tertiary alicyclic amines) is 1. The molecule has 0 spiro atoms. The number of hydrogen-bond donors (Lipinski definition) is 0. The number of aromatic nitrogens is 5. The summed E-state index contributed by atoms with van der Waals surface area (Å²) in [4.78, 5) is 10.8. The molecule has 3 heterocycles. The first kappa shape index (κ1) is 17.6. The van der Waals surface area contributed by atoms with Crippen LogP contribution in [0.25, 0.3) is 0 Å². The molecule has 4 rings (SSSR count). The van der Waals surface area contributed by atoms with Crippen LogP contribution in [-0.2, 0) is 13.2 Å². The van der Waals surface area contributed by atoms with Crippen molar-refractivity contribution in [1.29, 1.82) is 0 Å². The summed E-state index contributed by atoms with van der Waals surface area (Å²) in [5, 5.41) is 8.53. The van der Waals surface area contributed by atoms with Gasteiger partial charge in [0.05, 0.1) is 12.2 Å². The lowest BCUT2D eigenvalue weighted by Gasteiger charge is -2.31. The van der Waals surface area contributed by atoms with Crippen LogP contribution in [0.4, 0.5) is 0 Å². The second-order valence-electron chi connectivity index (χ2n) is 7.01. The summed E-state index contributed by atoms with van der Waals surface area (Å²) in [5.74, 6) is 0. The van der Waals surface area contributed by atoms with E-state index in [9.17, 15) is 0 Å². The van der Waals surface area contributed by atoms with Gasteiger partial charge in [0.15, 0.2) is 0 Å². The molecule has 2 aromatic heterocycles.